The maximum Gasteiger partial charge on any atom is 0.315 e. The molecule has 0 spiro atoms. The Kier molecular flexibility index (Phi) is 13.7. The summed E-state index contributed by atoms with van der Waals surface area (Å²) in [6.45, 7) is 25.2. The molecule has 5 atom stereocenters. The SMILES string of the molecule is C=CCNC(=O)C(=O)C(CCC)NC(=O)[C@@H]1C[C@@H](C(C)(C)C=C)CN1C(=O)[C@@H](NC(=O)N[C@H](CN(C)c1c(C2CC2)c(=O)c1=O)C(C)(C)C)C(C)(C)C. The van der Waals surface area contributed by atoms with Crippen molar-refractivity contribution in [2.75, 3.05) is 31.6 Å². The van der Waals surface area contributed by atoms with Gasteiger partial charge in [-0.2, -0.15) is 0 Å². The molecule has 1 saturated carbocycles. The summed E-state index contributed by atoms with van der Waals surface area (Å²) in [4.78, 5) is 96.1. The second-order valence-corrected chi connectivity index (χ2v) is 17.6. The van der Waals surface area contributed by atoms with Gasteiger partial charge in [0.05, 0.1) is 17.8 Å². The normalized spacial score (nSPS) is 19.5. The molecule has 0 radical (unpaired) electrons. The summed E-state index contributed by atoms with van der Waals surface area (Å²) >= 11 is 0. The van der Waals surface area contributed by atoms with E-state index >= 15 is 0 Å². The molecule has 53 heavy (non-hydrogen) atoms. The maximum atomic E-state index is 14.6. The van der Waals surface area contributed by atoms with Gasteiger partial charge >= 0.3 is 6.03 Å². The molecule has 0 bridgehead atoms. The van der Waals surface area contributed by atoms with E-state index in [2.05, 4.69) is 34.4 Å². The van der Waals surface area contributed by atoms with Crippen molar-refractivity contribution in [3.8, 4) is 0 Å². The van der Waals surface area contributed by atoms with E-state index < -0.39 is 80.8 Å². The fraction of sp³-hybridized carbons (Fsp3) is 0.675. The number of likely N-dealkylation sites (N-methyl/N-ethyl adjacent to an activating group) is 1. The van der Waals surface area contributed by atoms with Gasteiger partial charge in [-0.25, -0.2) is 4.79 Å². The second-order valence-electron chi connectivity index (χ2n) is 17.6. The molecule has 1 unspecified atom stereocenters. The molecule has 294 valence electrons. The molecule has 1 saturated heterocycles. The van der Waals surface area contributed by atoms with Crippen LogP contribution < -0.4 is 37.0 Å². The molecule has 2 aliphatic rings. The van der Waals surface area contributed by atoms with Crippen molar-refractivity contribution in [1.82, 2.24) is 26.2 Å². The van der Waals surface area contributed by atoms with Gasteiger partial charge in [-0.05, 0) is 53.8 Å². The average molecular weight is 739 g/mol. The number of nitrogens with one attached hydrogen (secondary N) is 4. The molecule has 1 heterocycles. The quantitative estimate of drug-likeness (QED) is 0.139. The lowest BCUT2D eigenvalue weighted by Gasteiger charge is -2.38. The standard InChI is InChI=1S/C40H62N6O7/c1-13-16-25(30(47)35(51)41-19-14-2)42-34(50)26-20-24(40(10,11)15-3)21-46(26)36(52)33(39(7,8)9)44-37(53)43-27(38(4,5)6)22-45(12)29-28(23-17-18-23)31(48)32(29)49/h14-15,23-27,33H,2-3,13,16-22H2,1,4-12H3,(H,41,51)(H,42,50)(H2,43,44,53)/t24-,25?,26+,27-,33-/m1/s1. The minimum atomic E-state index is -1.08. The highest BCUT2D eigenvalue weighted by atomic mass is 16.2. The first-order valence-electron chi connectivity index (χ1n) is 18.8. The van der Waals surface area contributed by atoms with Crippen molar-refractivity contribution in [3.63, 3.8) is 0 Å². The number of carbonyl (C=O) groups excluding carboxylic acids is 5. The third kappa shape index (κ3) is 10.2. The molecule has 1 aliphatic carbocycles. The summed E-state index contributed by atoms with van der Waals surface area (Å²) in [6, 6.07) is -4.20. The highest BCUT2D eigenvalue weighted by molar-refractivity contribution is 6.38. The predicted molar refractivity (Wildman–Crippen MR) is 207 cm³/mol. The first kappa shape index (κ1) is 43.1. The lowest BCUT2D eigenvalue weighted by Crippen LogP contribution is -2.62. The number of carbonyl (C=O) groups is 5. The Morgan fingerprint density at radius 3 is 2.06 bits per heavy atom. The van der Waals surface area contributed by atoms with E-state index in [1.54, 1.807) is 18.0 Å². The summed E-state index contributed by atoms with van der Waals surface area (Å²) in [5.41, 5.74) is -1.65. The van der Waals surface area contributed by atoms with Gasteiger partial charge in [0.1, 0.15) is 12.1 Å². The molecule has 1 aromatic rings. The van der Waals surface area contributed by atoms with E-state index in [-0.39, 0.29) is 44.3 Å². The number of urea groups is 1. The average Bonchev–Trinajstić information content (AvgIpc) is 3.79. The third-order valence-electron chi connectivity index (χ3n) is 10.8. The first-order valence-corrected chi connectivity index (χ1v) is 18.8. The van der Waals surface area contributed by atoms with Crippen molar-refractivity contribution in [3.05, 3.63) is 51.3 Å². The summed E-state index contributed by atoms with van der Waals surface area (Å²) in [6.07, 6.45) is 6.05. The van der Waals surface area contributed by atoms with Gasteiger partial charge in [0.15, 0.2) is 0 Å². The zero-order valence-electron chi connectivity index (χ0n) is 33.4. The van der Waals surface area contributed by atoms with Gasteiger partial charge < -0.3 is 31.1 Å². The Balaban J connectivity index is 1.87. The molecule has 4 N–H and O–H groups in total. The number of hydrogen-bond donors (Lipinski definition) is 4. The van der Waals surface area contributed by atoms with E-state index in [9.17, 15) is 33.6 Å². The first-order chi connectivity index (χ1) is 24.5. The second kappa shape index (κ2) is 16.8. The van der Waals surface area contributed by atoms with Gasteiger partial charge in [0.2, 0.25) is 28.5 Å². The van der Waals surface area contributed by atoms with Crippen molar-refractivity contribution < 1.29 is 24.0 Å². The summed E-state index contributed by atoms with van der Waals surface area (Å²) in [5, 5.41) is 11.2. The highest BCUT2D eigenvalue weighted by Gasteiger charge is 2.48. The molecule has 0 aromatic heterocycles. The Morgan fingerprint density at radius 1 is 0.925 bits per heavy atom. The van der Waals surface area contributed by atoms with Gasteiger partial charge in [0, 0.05) is 32.2 Å². The van der Waals surface area contributed by atoms with E-state index in [0.717, 1.165) is 12.8 Å². The zero-order valence-corrected chi connectivity index (χ0v) is 33.4. The topological polar surface area (TPSA) is 174 Å². The van der Waals surface area contributed by atoms with Crippen molar-refractivity contribution >= 4 is 35.2 Å². The van der Waals surface area contributed by atoms with Crippen LogP contribution in [0.3, 0.4) is 0 Å². The smallest absolute Gasteiger partial charge is 0.315 e. The molecule has 3 rings (SSSR count). The number of amides is 5. The van der Waals surface area contributed by atoms with Gasteiger partial charge in [-0.1, -0.05) is 80.9 Å². The lowest BCUT2D eigenvalue weighted by molar-refractivity contribution is -0.143. The fourth-order valence-electron chi connectivity index (χ4n) is 6.84. The monoisotopic (exact) mass is 738 g/mol. The third-order valence-corrected chi connectivity index (χ3v) is 10.8. The van der Waals surface area contributed by atoms with E-state index in [4.69, 9.17) is 0 Å². The number of anilines is 1. The molecular formula is C40H62N6O7. The predicted octanol–water partition coefficient (Wildman–Crippen LogP) is 3.31. The zero-order chi connectivity index (χ0) is 40.2. The van der Waals surface area contributed by atoms with Gasteiger partial charge in [0.25, 0.3) is 5.91 Å². The Labute approximate surface area is 314 Å². The maximum absolute atomic E-state index is 14.6. The summed E-state index contributed by atoms with van der Waals surface area (Å²) in [7, 11) is 1.74. The van der Waals surface area contributed by atoms with Crippen LogP contribution in [-0.4, -0.2) is 85.3 Å². The number of rotatable bonds is 17. The minimum Gasteiger partial charge on any atom is -0.369 e. The Morgan fingerprint density at radius 2 is 1.55 bits per heavy atom. The van der Waals surface area contributed by atoms with E-state index in [1.165, 1.54) is 11.0 Å². The molecule has 13 heteroatoms. The van der Waals surface area contributed by atoms with Crippen molar-refractivity contribution in [2.24, 2.45) is 22.2 Å². The Bertz CT molecular complexity index is 1640. The van der Waals surface area contributed by atoms with E-state index in [1.807, 2.05) is 62.3 Å². The van der Waals surface area contributed by atoms with Crippen LogP contribution in [0.5, 0.6) is 0 Å². The number of hydrogen-bond acceptors (Lipinski definition) is 8. The van der Waals surface area contributed by atoms with Crippen LogP contribution in [-0.2, 0) is 19.2 Å². The van der Waals surface area contributed by atoms with Crippen LogP contribution in [0.25, 0.3) is 0 Å². The van der Waals surface area contributed by atoms with Crippen molar-refractivity contribution in [1.29, 1.82) is 0 Å². The van der Waals surface area contributed by atoms with Crippen LogP contribution >= 0.6 is 0 Å². The van der Waals surface area contributed by atoms with Crippen LogP contribution in [0.15, 0.2) is 34.9 Å². The molecular weight excluding hydrogens is 676 g/mol. The summed E-state index contributed by atoms with van der Waals surface area (Å²) in [5.74, 6) is -2.67. The van der Waals surface area contributed by atoms with Crippen molar-refractivity contribution in [2.45, 2.75) is 125 Å². The lowest BCUT2D eigenvalue weighted by atomic mass is 9.77. The van der Waals surface area contributed by atoms with Crippen LogP contribution in [0, 0.1) is 22.2 Å². The molecule has 5 amide bonds. The molecule has 1 aromatic carbocycles. The van der Waals surface area contributed by atoms with Crippen LogP contribution in [0.1, 0.15) is 106 Å². The number of ketones is 1. The largest absolute Gasteiger partial charge is 0.369 e. The Hall–Kier alpha value is -4.29. The number of allylic oxidation sites excluding steroid dienone is 1. The number of Topliss-reactive ketones (excluding diaryl/α,β-unsaturated/α-hetero) is 1. The highest BCUT2D eigenvalue weighted by Crippen LogP contribution is 2.42. The van der Waals surface area contributed by atoms with Gasteiger partial charge in [-0.15, -0.1) is 13.2 Å². The van der Waals surface area contributed by atoms with Crippen LogP contribution in [0.2, 0.25) is 0 Å². The van der Waals surface area contributed by atoms with E-state index in [0.29, 0.717) is 17.7 Å². The minimum absolute atomic E-state index is 0.0999. The van der Waals surface area contributed by atoms with Crippen LogP contribution in [0.4, 0.5) is 10.5 Å². The molecule has 1 aliphatic heterocycles. The summed E-state index contributed by atoms with van der Waals surface area (Å²) < 4.78 is 0. The molecule has 13 nitrogen and oxygen atoms in total. The fourth-order valence-corrected chi connectivity index (χ4v) is 6.84. The number of nitrogens with zero attached hydrogens (tertiary/aromatic N) is 2. The number of likely N-dealkylation sites (tertiary alicyclic amines) is 1. The molecule has 2 fully saturated rings. The van der Waals surface area contributed by atoms with Gasteiger partial charge in [-0.3, -0.25) is 28.8 Å².